The molecule has 2 aliphatic rings. The van der Waals surface area contributed by atoms with Crippen molar-refractivity contribution >= 4 is 27.9 Å². The van der Waals surface area contributed by atoms with Gasteiger partial charge in [0.15, 0.2) is 0 Å². The fraction of sp³-hybridized carbons (Fsp3) is 0.175. The van der Waals surface area contributed by atoms with Gasteiger partial charge in [-0.15, -0.1) is 0 Å². The molecule has 1 unspecified atom stereocenters. The van der Waals surface area contributed by atoms with Gasteiger partial charge >= 0.3 is 0 Å². The summed E-state index contributed by atoms with van der Waals surface area (Å²) in [6.07, 6.45) is 6.79. The van der Waals surface area contributed by atoms with Crippen molar-refractivity contribution < 1.29 is 0 Å². The lowest BCUT2D eigenvalue weighted by atomic mass is 9.86. The van der Waals surface area contributed by atoms with E-state index in [1.54, 1.807) is 0 Å². The van der Waals surface area contributed by atoms with Crippen LogP contribution in [-0.4, -0.2) is 9.13 Å². The Hall–Kier alpha value is -5.83. The molecule has 0 amide bonds. The normalized spacial score (nSPS) is 15.5. The van der Waals surface area contributed by atoms with Gasteiger partial charge in [0.05, 0.1) is 40.4 Å². The minimum Gasteiger partial charge on any atom is -0.313 e. The summed E-state index contributed by atoms with van der Waals surface area (Å²) in [5.74, 6) is 0.501. The Kier molecular flexibility index (Phi) is 6.19. The number of nitrogens with zero attached hydrogens (tertiary/aromatic N) is 5. The molecule has 5 heteroatoms. The van der Waals surface area contributed by atoms with Gasteiger partial charge in [0, 0.05) is 44.7 Å². The average molecular weight is 580 g/mol. The number of para-hydroxylation sites is 1. The summed E-state index contributed by atoms with van der Waals surface area (Å²) in [4.78, 5) is 0. The van der Waals surface area contributed by atoms with Crippen LogP contribution in [0, 0.1) is 34.0 Å². The number of benzene rings is 4. The topological polar surface area (TPSA) is 81.2 Å². The maximum atomic E-state index is 10.2. The van der Waals surface area contributed by atoms with Gasteiger partial charge in [-0.05, 0) is 115 Å². The molecule has 0 fully saturated rings. The van der Waals surface area contributed by atoms with Crippen molar-refractivity contribution in [1.82, 2.24) is 9.13 Å². The van der Waals surface area contributed by atoms with E-state index in [2.05, 4.69) is 88.9 Å². The lowest BCUT2D eigenvalue weighted by Crippen LogP contribution is -2.10. The van der Waals surface area contributed by atoms with Crippen molar-refractivity contribution in [3.63, 3.8) is 0 Å². The molecule has 2 aliphatic carbocycles. The Bertz CT molecular complexity index is 2360. The van der Waals surface area contributed by atoms with Gasteiger partial charge in [-0.25, -0.2) is 0 Å². The Balaban J connectivity index is 1.32. The molecular weight excluding hydrogens is 550 g/mol. The van der Waals surface area contributed by atoms with Crippen molar-refractivity contribution in [2.24, 2.45) is 0 Å². The van der Waals surface area contributed by atoms with Crippen molar-refractivity contribution in [2.45, 2.75) is 44.9 Å². The lowest BCUT2D eigenvalue weighted by molar-refractivity contribution is 0.581. The van der Waals surface area contributed by atoms with Gasteiger partial charge in [-0.1, -0.05) is 37.3 Å². The molecule has 1 atom stereocenters. The number of allylic oxidation sites excluding steroid dienone is 1. The van der Waals surface area contributed by atoms with E-state index < -0.39 is 0 Å². The predicted molar refractivity (Wildman–Crippen MR) is 178 cm³/mol. The van der Waals surface area contributed by atoms with Crippen LogP contribution in [0.4, 0.5) is 0 Å². The van der Waals surface area contributed by atoms with E-state index in [0.717, 1.165) is 69.5 Å². The second-order valence-corrected chi connectivity index (χ2v) is 12.3. The van der Waals surface area contributed by atoms with Crippen LogP contribution in [0.15, 0.2) is 90.5 Å². The van der Waals surface area contributed by atoms with Gasteiger partial charge in [-0.2, -0.15) is 15.8 Å². The molecule has 214 valence electrons. The van der Waals surface area contributed by atoms with Crippen molar-refractivity contribution in [1.29, 1.82) is 15.8 Å². The Morgan fingerprint density at radius 3 is 2.29 bits per heavy atom. The summed E-state index contributed by atoms with van der Waals surface area (Å²) in [5, 5.41) is 31.7. The second kappa shape index (κ2) is 10.4. The standard InChI is InChI=1S/C40H29N5/c1-25-6-4-11-39-40(25)33-9-2-3-10-36(33)45(39)32-17-28(24-43)16-30(21-32)29-7-5-8-31(20-29)44-37-14-12-26(22-41)18-34(37)35-19-27(23-42)13-15-38(35)44/h2-3,5,7-10,12,14,16-21,25H,4,6,11,13,15H2,1H3. The van der Waals surface area contributed by atoms with Gasteiger partial charge in [0.2, 0.25) is 0 Å². The molecular formula is C40H29N5. The Morgan fingerprint density at radius 2 is 1.44 bits per heavy atom. The van der Waals surface area contributed by atoms with Crippen molar-refractivity contribution in [3.05, 3.63) is 124 Å². The summed E-state index contributed by atoms with van der Waals surface area (Å²) < 4.78 is 4.66. The number of fused-ring (bicyclic) bond motifs is 6. The van der Waals surface area contributed by atoms with E-state index in [-0.39, 0.29) is 0 Å². The molecule has 0 spiro atoms. The molecule has 0 saturated carbocycles. The molecule has 0 bridgehead atoms. The summed E-state index contributed by atoms with van der Waals surface area (Å²) in [6.45, 7) is 2.33. The van der Waals surface area contributed by atoms with E-state index >= 15 is 0 Å². The SMILES string of the molecule is CC1CCCc2c1c1ccccc1n2-c1cc(C#N)cc(-c2cccc(-n3c4c(c5cc(C#N)ccc53)C=C(C#N)CC4)c2)c1. The van der Waals surface area contributed by atoms with Crippen LogP contribution in [0.2, 0.25) is 0 Å². The molecule has 4 aromatic carbocycles. The molecule has 2 aromatic heterocycles. The maximum absolute atomic E-state index is 10.2. The van der Waals surface area contributed by atoms with E-state index in [4.69, 9.17) is 0 Å². The Labute approximate surface area is 262 Å². The Morgan fingerprint density at radius 1 is 0.644 bits per heavy atom. The van der Waals surface area contributed by atoms with E-state index in [9.17, 15) is 15.8 Å². The average Bonchev–Trinajstić information content (AvgIpc) is 3.60. The van der Waals surface area contributed by atoms with Crippen LogP contribution < -0.4 is 0 Å². The zero-order valence-electron chi connectivity index (χ0n) is 25.0. The highest BCUT2D eigenvalue weighted by molar-refractivity contribution is 5.95. The summed E-state index contributed by atoms with van der Waals surface area (Å²) in [7, 11) is 0. The molecule has 0 saturated heterocycles. The highest BCUT2D eigenvalue weighted by Gasteiger charge is 2.26. The molecule has 45 heavy (non-hydrogen) atoms. The molecule has 0 radical (unpaired) electrons. The first kappa shape index (κ1) is 26.8. The van der Waals surface area contributed by atoms with Crippen LogP contribution in [0.3, 0.4) is 0 Å². The fourth-order valence-electron chi connectivity index (χ4n) is 7.65. The first-order chi connectivity index (χ1) is 22.1. The number of hydrogen-bond donors (Lipinski definition) is 0. The summed E-state index contributed by atoms with van der Waals surface area (Å²) >= 11 is 0. The van der Waals surface area contributed by atoms with Gasteiger partial charge in [0.1, 0.15) is 0 Å². The monoisotopic (exact) mass is 579 g/mol. The zero-order valence-corrected chi connectivity index (χ0v) is 25.0. The van der Waals surface area contributed by atoms with Gasteiger partial charge in [-0.3, -0.25) is 0 Å². The van der Waals surface area contributed by atoms with Gasteiger partial charge < -0.3 is 9.13 Å². The molecule has 5 nitrogen and oxygen atoms in total. The van der Waals surface area contributed by atoms with E-state index in [0.29, 0.717) is 23.5 Å². The maximum Gasteiger partial charge on any atom is 0.0992 e. The minimum atomic E-state index is 0.501. The largest absolute Gasteiger partial charge is 0.313 e. The summed E-state index contributed by atoms with van der Waals surface area (Å²) in [5.41, 5.74) is 13.2. The quantitative estimate of drug-likeness (QED) is 0.209. The number of aromatic nitrogens is 2. The zero-order chi connectivity index (χ0) is 30.7. The van der Waals surface area contributed by atoms with Crippen LogP contribution in [0.5, 0.6) is 0 Å². The third kappa shape index (κ3) is 4.19. The number of rotatable bonds is 3. The van der Waals surface area contributed by atoms with Crippen LogP contribution in [-0.2, 0) is 12.8 Å². The third-order valence-electron chi connectivity index (χ3n) is 9.63. The third-order valence-corrected chi connectivity index (χ3v) is 9.63. The predicted octanol–water partition coefficient (Wildman–Crippen LogP) is 9.28. The van der Waals surface area contributed by atoms with Crippen molar-refractivity contribution in [3.8, 4) is 40.7 Å². The molecule has 8 rings (SSSR count). The number of hydrogen-bond acceptors (Lipinski definition) is 3. The van der Waals surface area contributed by atoms with Gasteiger partial charge in [0.25, 0.3) is 0 Å². The molecule has 0 aliphatic heterocycles. The molecule has 0 N–H and O–H groups in total. The first-order valence-corrected chi connectivity index (χ1v) is 15.5. The smallest absolute Gasteiger partial charge is 0.0992 e. The lowest BCUT2D eigenvalue weighted by Gasteiger charge is -2.22. The van der Waals surface area contributed by atoms with Crippen LogP contribution >= 0.6 is 0 Å². The van der Waals surface area contributed by atoms with E-state index in [1.165, 1.54) is 28.6 Å². The van der Waals surface area contributed by atoms with Crippen molar-refractivity contribution in [2.75, 3.05) is 0 Å². The number of nitriles is 3. The van der Waals surface area contributed by atoms with E-state index in [1.807, 2.05) is 36.4 Å². The molecule has 2 heterocycles. The fourth-order valence-corrected chi connectivity index (χ4v) is 7.65. The highest BCUT2D eigenvalue weighted by atomic mass is 15.0. The minimum absolute atomic E-state index is 0.501. The highest BCUT2D eigenvalue weighted by Crippen LogP contribution is 2.42. The second-order valence-electron chi connectivity index (χ2n) is 12.3. The van der Waals surface area contributed by atoms with Crippen LogP contribution in [0.1, 0.15) is 65.7 Å². The molecule has 6 aromatic rings. The summed E-state index contributed by atoms with van der Waals surface area (Å²) in [6, 6.07) is 36.2. The van der Waals surface area contributed by atoms with Crippen LogP contribution in [0.25, 0.3) is 50.4 Å². The first-order valence-electron chi connectivity index (χ1n) is 15.5.